The molecule has 0 amide bonds. The summed E-state index contributed by atoms with van der Waals surface area (Å²) in [4.78, 5) is 0. The average Bonchev–Trinajstić information content (AvgIpc) is 2.84. The molecule has 0 radical (unpaired) electrons. The van der Waals surface area contributed by atoms with Crippen LogP contribution in [0.3, 0.4) is 0 Å². The van der Waals surface area contributed by atoms with Gasteiger partial charge in [-0.15, -0.1) is 0 Å². The molecular weight excluding hydrogens is 262 g/mol. The zero-order chi connectivity index (χ0) is 14.2. The average molecular weight is 276 g/mol. The van der Waals surface area contributed by atoms with E-state index in [1.807, 2.05) is 0 Å². The maximum atomic E-state index is 13.1. The Morgan fingerprint density at radius 1 is 0.900 bits per heavy atom. The molecule has 1 N–H and O–H groups in total. The maximum absolute atomic E-state index is 13.1. The van der Waals surface area contributed by atoms with Gasteiger partial charge in [-0.2, -0.15) is 0 Å². The zero-order valence-corrected chi connectivity index (χ0v) is 10.7. The van der Waals surface area contributed by atoms with Crippen LogP contribution in [0.25, 0.3) is 0 Å². The van der Waals surface area contributed by atoms with Gasteiger partial charge in [-0.3, -0.25) is 0 Å². The predicted molar refractivity (Wildman–Crippen MR) is 69.9 cm³/mol. The molecule has 0 aliphatic carbocycles. The molecule has 3 rings (SSSR count). The third kappa shape index (κ3) is 2.21. The lowest BCUT2D eigenvalue weighted by atomic mass is 9.84. The molecule has 1 atom stereocenters. The lowest BCUT2D eigenvalue weighted by molar-refractivity contribution is -0.124. The Balaban J connectivity index is 2.09. The van der Waals surface area contributed by atoms with Crippen LogP contribution in [0.1, 0.15) is 24.0 Å². The van der Waals surface area contributed by atoms with Gasteiger partial charge in [-0.05, 0) is 41.8 Å². The first kappa shape index (κ1) is 13.2. The van der Waals surface area contributed by atoms with Crippen LogP contribution in [0.15, 0.2) is 48.5 Å². The monoisotopic (exact) mass is 276 g/mol. The van der Waals surface area contributed by atoms with Crippen molar-refractivity contribution in [3.8, 4) is 0 Å². The standard InChI is InChI=1S/C16H14F2O2/c17-13-5-1-11(2-6-13)16(10-9-15(19)20-16)12-3-7-14(18)8-4-12/h1-8,15,19H,9-10H2. The predicted octanol–water partition coefficient (Wildman–Crippen LogP) is 3.34. The van der Waals surface area contributed by atoms with Crippen LogP contribution in [-0.2, 0) is 10.3 Å². The molecule has 1 aliphatic rings. The summed E-state index contributed by atoms with van der Waals surface area (Å²) in [5.74, 6) is -0.664. The van der Waals surface area contributed by atoms with Crippen LogP contribution in [0.2, 0.25) is 0 Å². The second-order valence-corrected chi connectivity index (χ2v) is 4.95. The molecule has 1 heterocycles. The van der Waals surface area contributed by atoms with Crippen molar-refractivity contribution < 1.29 is 18.6 Å². The fourth-order valence-corrected chi connectivity index (χ4v) is 2.71. The largest absolute Gasteiger partial charge is 0.368 e. The van der Waals surface area contributed by atoms with E-state index in [0.29, 0.717) is 12.8 Å². The van der Waals surface area contributed by atoms with E-state index in [2.05, 4.69) is 0 Å². The molecular formula is C16H14F2O2. The minimum Gasteiger partial charge on any atom is -0.368 e. The summed E-state index contributed by atoms with van der Waals surface area (Å²) >= 11 is 0. The van der Waals surface area contributed by atoms with E-state index < -0.39 is 11.9 Å². The van der Waals surface area contributed by atoms with E-state index in [-0.39, 0.29) is 11.6 Å². The first-order valence-corrected chi connectivity index (χ1v) is 6.48. The number of aliphatic hydroxyl groups is 1. The van der Waals surface area contributed by atoms with Crippen molar-refractivity contribution in [2.75, 3.05) is 0 Å². The van der Waals surface area contributed by atoms with Gasteiger partial charge in [0.15, 0.2) is 6.29 Å². The molecule has 1 unspecified atom stereocenters. The number of benzene rings is 2. The second kappa shape index (κ2) is 4.96. The summed E-state index contributed by atoms with van der Waals surface area (Å²) in [7, 11) is 0. The molecule has 0 spiro atoms. The molecule has 1 aliphatic heterocycles. The molecule has 2 nitrogen and oxygen atoms in total. The van der Waals surface area contributed by atoms with Crippen LogP contribution in [0.5, 0.6) is 0 Å². The fourth-order valence-electron chi connectivity index (χ4n) is 2.71. The van der Waals surface area contributed by atoms with Crippen molar-refractivity contribution in [1.29, 1.82) is 0 Å². The number of ether oxygens (including phenoxy) is 1. The van der Waals surface area contributed by atoms with Crippen molar-refractivity contribution in [2.45, 2.75) is 24.7 Å². The van der Waals surface area contributed by atoms with Gasteiger partial charge in [0.05, 0.1) is 0 Å². The van der Waals surface area contributed by atoms with Crippen LogP contribution in [0, 0.1) is 11.6 Å². The smallest absolute Gasteiger partial charge is 0.156 e. The summed E-state index contributed by atoms with van der Waals surface area (Å²) in [5, 5.41) is 9.73. The summed E-state index contributed by atoms with van der Waals surface area (Å²) in [6.07, 6.45) is 0.172. The van der Waals surface area contributed by atoms with Gasteiger partial charge in [0.25, 0.3) is 0 Å². The first-order valence-electron chi connectivity index (χ1n) is 6.48. The number of halogens is 2. The van der Waals surface area contributed by atoms with Gasteiger partial charge in [0, 0.05) is 6.42 Å². The van der Waals surface area contributed by atoms with Crippen molar-refractivity contribution in [3.05, 3.63) is 71.3 Å². The molecule has 2 aromatic carbocycles. The van der Waals surface area contributed by atoms with E-state index in [0.717, 1.165) is 11.1 Å². The lowest BCUT2D eigenvalue weighted by Crippen LogP contribution is -2.28. The summed E-state index contributed by atoms with van der Waals surface area (Å²) in [5.41, 5.74) is 0.657. The molecule has 20 heavy (non-hydrogen) atoms. The van der Waals surface area contributed by atoms with Crippen LogP contribution in [-0.4, -0.2) is 11.4 Å². The number of aliphatic hydroxyl groups excluding tert-OH is 1. The molecule has 4 heteroatoms. The van der Waals surface area contributed by atoms with E-state index in [9.17, 15) is 13.9 Å². The van der Waals surface area contributed by atoms with Gasteiger partial charge in [0.2, 0.25) is 0 Å². The highest BCUT2D eigenvalue weighted by atomic mass is 19.1. The Morgan fingerprint density at radius 3 is 1.70 bits per heavy atom. The second-order valence-electron chi connectivity index (χ2n) is 4.95. The highest BCUT2D eigenvalue weighted by Gasteiger charge is 2.42. The SMILES string of the molecule is OC1CCC(c2ccc(F)cc2)(c2ccc(F)cc2)O1. The van der Waals surface area contributed by atoms with Gasteiger partial charge in [0.1, 0.15) is 17.2 Å². The van der Waals surface area contributed by atoms with E-state index in [1.165, 1.54) is 24.3 Å². The van der Waals surface area contributed by atoms with Crippen molar-refractivity contribution >= 4 is 0 Å². The molecule has 1 saturated heterocycles. The summed E-state index contributed by atoms with van der Waals surface area (Å²) in [6, 6.07) is 12.0. The van der Waals surface area contributed by atoms with Crippen LogP contribution in [0.4, 0.5) is 8.78 Å². The van der Waals surface area contributed by atoms with E-state index in [4.69, 9.17) is 4.74 Å². The van der Waals surface area contributed by atoms with Crippen molar-refractivity contribution in [3.63, 3.8) is 0 Å². The number of hydrogen-bond donors (Lipinski definition) is 1. The Bertz CT molecular complexity index is 547. The van der Waals surface area contributed by atoms with Gasteiger partial charge in [-0.25, -0.2) is 8.78 Å². The lowest BCUT2D eigenvalue weighted by Gasteiger charge is -2.30. The van der Waals surface area contributed by atoms with Gasteiger partial charge < -0.3 is 9.84 Å². The normalized spacial score (nSPS) is 21.1. The first-order chi connectivity index (χ1) is 9.60. The topological polar surface area (TPSA) is 29.5 Å². The highest BCUT2D eigenvalue weighted by Crippen LogP contribution is 2.44. The Morgan fingerprint density at radius 2 is 1.35 bits per heavy atom. The van der Waals surface area contributed by atoms with Gasteiger partial charge >= 0.3 is 0 Å². The van der Waals surface area contributed by atoms with Crippen LogP contribution >= 0.6 is 0 Å². The third-order valence-electron chi connectivity index (χ3n) is 3.70. The Labute approximate surface area is 115 Å². The fraction of sp³-hybridized carbons (Fsp3) is 0.250. The number of rotatable bonds is 2. The maximum Gasteiger partial charge on any atom is 0.156 e. The summed E-state index contributed by atoms with van der Waals surface area (Å²) in [6.45, 7) is 0. The minimum absolute atomic E-state index is 0.332. The molecule has 0 aromatic heterocycles. The van der Waals surface area contributed by atoms with Gasteiger partial charge in [-0.1, -0.05) is 24.3 Å². The summed E-state index contributed by atoms with van der Waals surface area (Å²) < 4.78 is 31.9. The molecule has 2 aromatic rings. The molecule has 104 valence electrons. The Hall–Kier alpha value is -1.78. The Kier molecular flexibility index (Phi) is 3.28. The van der Waals surface area contributed by atoms with E-state index >= 15 is 0 Å². The van der Waals surface area contributed by atoms with E-state index in [1.54, 1.807) is 24.3 Å². The minimum atomic E-state index is -0.870. The molecule has 0 saturated carbocycles. The highest BCUT2D eigenvalue weighted by molar-refractivity contribution is 5.37. The number of hydrogen-bond acceptors (Lipinski definition) is 2. The van der Waals surface area contributed by atoms with Crippen LogP contribution < -0.4 is 0 Å². The molecule has 1 fully saturated rings. The van der Waals surface area contributed by atoms with Crippen molar-refractivity contribution in [2.24, 2.45) is 0 Å². The third-order valence-corrected chi connectivity index (χ3v) is 3.70. The van der Waals surface area contributed by atoms with Crippen molar-refractivity contribution in [1.82, 2.24) is 0 Å². The molecule has 0 bridgehead atoms. The quantitative estimate of drug-likeness (QED) is 0.911. The zero-order valence-electron chi connectivity index (χ0n) is 10.7.